The average molecular weight is 587 g/mol. The molecule has 0 radical (unpaired) electrons. The van der Waals surface area contributed by atoms with Crippen LogP contribution in [0.4, 0.5) is 5.69 Å². The van der Waals surface area contributed by atoms with E-state index >= 15 is 0 Å². The summed E-state index contributed by atoms with van der Waals surface area (Å²) in [6.07, 6.45) is 0.795. The van der Waals surface area contributed by atoms with E-state index in [1.54, 1.807) is 36.0 Å². The summed E-state index contributed by atoms with van der Waals surface area (Å²) in [6.45, 7) is -0.309. The second-order valence-electron chi connectivity index (χ2n) is 10.3. The molecule has 0 spiro atoms. The van der Waals surface area contributed by atoms with Crippen LogP contribution in [0.1, 0.15) is 22.8 Å². The number of carbonyl (C=O) groups is 3. The fourth-order valence-corrected chi connectivity index (χ4v) is 10.3. The van der Waals surface area contributed by atoms with Crippen molar-refractivity contribution in [3.8, 4) is 0 Å². The van der Waals surface area contributed by atoms with E-state index in [1.165, 1.54) is 11.3 Å². The van der Waals surface area contributed by atoms with Gasteiger partial charge in [0.2, 0.25) is 17.7 Å². The molecule has 7 rings (SSSR count). The topological polar surface area (TPSA) is 99.3 Å². The van der Waals surface area contributed by atoms with Crippen LogP contribution in [0.15, 0.2) is 58.4 Å². The van der Waals surface area contributed by atoms with E-state index in [4.69, 9.17) is 23.2 Å². The summed E-state index contributed by atoms with van der Waals surface area (Å²) in [7, 11) is 0. The molecule has 2 aliphatic carbocycles. The van der Waals surface area contributed by atoms with Crippen LogP contribution in [-0.4, -0.2) is 39.4 Å². The summed E-state index contributed by atoms with van der Waals surface area (Å²) in [6, 6.07) is 14.4. The zero-order valence-electron chi connectivity index (χ0n) is 19.7. The van der Waals surface area contributed by atoms with Gasteiger partial charge in [0.25, 0.3) is 0 Å². The number of carbonyl (C=O) groups excluding carboxylic acids is 3. The molecule has 7 nitrogen and oxygen atoms in total. The predicted molar refractivity (Wildman–Crippen MR) is 147 cm³/mol. The highest BCUT2D eigenvalue weighted by molar-refractivity contribution is 8.00. The van der Waals surface area contributed by atoms with E-state index in [0.29, 0.717) is 15.7 Å². The van der Waals surface area contributed by atoms with Crippen LogP contribution in [0.3, 0.4) is 0 Å². The fraction of sp³-hybridized carbons (Fsp3) is 0.333. The van der Waals surface area contributed by atoms with E-state index in [0.717, 1.165) is 26.8 Å². The zero-order valence-corrected chi connectivity index (χ0v) is 22.9. The molecule has 1 saturated heterocycles. The van der Waals surface area contributed by atoms with Crippen LogP contribution in [0, 0.1) is 29.6 Å². The maximum Gasteiger partial charge on any atom is 0.305 e. The molecule has 3 heterocycles. The molecule has 2 saturated carbocycles. The smallest absolute Gasteiger partial charge is 0.305 e. The molecule has 38 heavy (non-hydrogen) atoms. The molecule has 2 bridgehead atoms. The van der Waals surface area contributed by atoms with E-state index < -0.39 is 17.7 Å². The molecule has 2 aliphatic heterocycles. The number of H-pyrrole nitrogens is 1. The molecular weight excluding hydrogens is 565 g/mol. The van der Waals surface area contributed by atoms with Crippen molar-refractivity contribution in [3.63, 3.8) is 0 Å². The SMILES string of the molecule is O=C(CN1C(=O)C2C3CC(C2C1=O)C1C(c2ccc(Cl)cc2)c2sc(=O)[nH]c2SC31)Nc1ccc(Cl)cc1. The Morgan fingerprint density at radius 3 is 2.26 bits per heavy atom. The first kappa shape index (κ1) is 24.5. The van der Waals surface area contributed by atoms with Crippen molar-refractivity contribution in [1.82, 2.24) is 9.88 Å². The number of rotatable bonds is 4. The number of hydrogen-bond donors (Lipinski definition) is 2. The molecule has 3 fully saturated rings. The summed E-state index contributed by atoms with van der Waals surface area (Å²) in [5.74, 6) is -1.76. The predicted octanol–water partition coefficient (Wildman–Crippen LogP) is 4.86. The number of amides is 3. The first-order valence-corrected chi connectivity index (χ1v) is 14.8. The van der Waals surface area contributed by atoms with Crippen LogP contribution >= 0.6 is 46.3 Å². The van der Waals surface area contributed by atoms with Crippen molar-refractivity contribution >= 4 is 69.7 Å². The van der Waals surface area contributed by atoms with Crippen LogP contribution < -0.4 is 10.2 Å². The number of imide groups is 1. The number of aromatic amines is 1. The molecule has 2 aromatic carbocycles. The lowest BCUT2D eigenvalue weighted by molar-refractivity contribution is -0.143. The van der Waals surface area contributed by atoms with Gasteiger partial charge in [-0.15, -0.1) is 11.8 Å². The third kappa shape index (κ3) is 3.70. The maximum atomic E-state index is 13.7. The van der Waals surface area contributed by atoms with Crippen molar-refractivity contribution in [2.24, 2.45) is 29.6 Å². The minimum Gasteiger partial charge on any atom is -0.325 e. The Bertz CT molecular complexity index is 1540. The van der Waals surface area contributed by atoms with Gasteiger partial charge < -0.3 is 10.3 Å². The monoisotopic (exact) mass is 585 g/mol. The maximum absolute atomic E-state index is 13.7. The highest BCUT2D eigenvalue weighted by Crippen LogP contribution is 2.68. The lowest BCUT2D eigenvalue weighted by Crippen LogP contribution is -2.42. The molecule has 3 aromatic rings. The Kier molecular flexibility index (Phi) is 5.78. The lowest BCUT2D eigenvalue weighted by atomic mass is 9.68. The van der Waals surface area contributed by atoms with Crippen molar-refractivity contribution in [2.75, 3.05) is 11.9 Å². The van der Waals surface area contributed by atoms with Gasteiger partial charge in [0.05, 0.1) is 16.9 Å². The molecule has 2 N–H and O–H groups in total. The number of aromatic nitrogens is 1. The van der Waals surface area contributed by atoms with Crippen molar-refractivity contribution in [2.45, 2.75) is 22.6 Å². The number of fused-ring (bicyclic) bond motifs is 9. The Labute approximate surface area is 235 Å². The van der Waals surface area contributed by atoms with Gasteiger partial charge >= 0.3 is 4.87 Å². The van der Waals surface area contributed by atoms with Crippen LogP contribution in [-0.2, 0) is 14.4 Å². The minimum absolute atomic E-state index is 0.00527. The third-order valence-corrected chi connectivity index (χ3v) is 11.6. The number of benzene rings is 2. The molecule has 11 heteroatoms. The van der Waals surface area contributed by atoms with E-state index in [1.807, 2.05) is 24.3 Å². The van der Waals surface area contributed by atoms with E-state index in [2.05, 4.69) is 10.3 Å². The number of likely N-dealkylation sites (tertiary alicyclic amines) is 1. The average Bonchev–Trinajstić information content (AvgIpc) is 3.62. The minimum atomic E-state index is -0.440. The van der Waals surface area contributed by atoms with Gasteiger partial charge in [-0.05, 0) is 66.1 Å². The largest absolute Gasteiger partial charge is 0.325 e. The number of nitrogens with one attached hydrogen (secondary N) is 2. The quantitative estimate of drug-likeness (QED) is 0.426. The molecule has 7 unspecified atom stereocenters. The zero-order chi connectivity index (χ0) is 26.3. The Hall–Kier alpha value is -2.59. The molecule has 4 aliphatic rings. The Morgan fingerprint density at radius 1 is 0.947 bits per heavy atom. The van der Waals surface area contributed by atoms with Crippen molar-refractivity contribution in [3.05, 3.63) is 78.7 Å². The number of thiazole rings is 1. The molecule has 194 valence electrons. The molecular formula is C27H21Cl2N3O4S2. The standard InChI is InChI=1S/C27H21Cl2N3O4S2/c28-12-3-1-11(2-4-12)18-19-15-9-16(22(19)37-24-23(18)38-27(36)31-24)21-20(15)25(34)32(26(21)35)10-17(33)30-14-7-5-13(29)6-8-14/h1-8,15-16,18-22H,9-10H2,(H,30,33)(H,31,36). The fourth-order valence-electron chi connectivity index (χ4n) is 7.16. The summed E-state index contributed by atoms with van der Waals surface area (Å²) >= 11 is 14.9. The molecule has 7 atom stereocenters. The Morgan fingerprint density at radius 2 is 1.58 bits per heavy atom. The third-order valence-electron chi connectivity index (χ3n) is 8.47. The van der Waals surface area contributed by atoms with Crippen molar-refractivity contribution in [1.29, 1.82) is 0 Å². The van der Waals surface area contributed by atoms with Gasteiger partial charge in [-0.25, -0.2) is 0 Å². The summed E-state index contributed by atoms with van der Waals surface area (Å²) < 4.78 is 0. The first-order valence-electron chi connectivity index (χ1n) is 12.4. The summed E-state index contributed by atoms with van der Waals surface area (Å²) in [4.78, 5) is 57.4. The Balaban J connectivity index is 1.19. The van der Waals surface area contributed by atoms with E-state index in [-0.39, 0.29) is 52.2 Å². The van der Waals surface area contributed by atoms with Gasteiger partial charge in [-0.1, -0.05) is 46.7 Å². The number of nitrogens with zero attached hydrogens (tertiary/aromatic N) is 1. The molecule has 3 amide bonds. The highest BCUT2D eigenvalue weighted by atomic mass is 35.5. The highest BCUT2D eigenvalue weighted by Gasteiger charge is 2.69. The van der Waals surface area contributed by atoms with Gasteiger partial charge in [0.1, 0.15) is 6.54 Å². The van der Waals surface area contributed by atoms with Gasteiger partial charge in [-0.2, -0.15) is 0 Å². The van der Waals surface area contributed by atoms with Gasteiger partial charge in [-0.3, -0.25) is 24.1 Å². The number of hydrogen-bond acceptors (Lipinski definition) is 6. The van der Waals surface area contributed by atoms with Gasteiger partial charge in [0, 0.05) is 31.8 Å². The normalized spacial score (nSPS) is 30.8. The number of anilines is 1. The first-order chi connectivity index (χ1) is 18.3. The number of thioether (sulfide) groups is 1. The number of halogens is 2. The second-order valence-corrected chi connectivity index (χ2v) is 13.4. The van der Waals surface area contributed by atoms with Gasteiger partial charge in [0.15, 0.2) is 0 Å². The van der Waals surface area contributed by atoms with Crippen molar-refractivity contribution < 1.29 is 14.4 Å². The summed E-state index contributed by atoms with van der Waals surface area (Å²) in [5, 5.41) is 4.89. The molecule has 1 aromatic heterocycles. The van der Waals surface area contributed by atoms with Crippen LogP contribution in [0.2, 0.25) is 10.0 Å². The second kappa shape index (κ2) is 8.98. The van der Waals surface area contributed by atoms with E-state index in [9.17, 15) is 19.2 Å². The van der Waals surface area contributed by atoms with Crippen LogP contribution in [0.5, 0.6) is 0 Å². The lowest BCUT2D eigenvalue weighted by Gasteiger charge is -2.43. The summed E-state index contributed by atoms with van der Waals surface area (Å²) in [5.41, 5.74) is 1.60. The van der Waals surface area contributed by atoms with Crippen LogP contribution in [0.25, 0.3) is 0 Å².